The van der Waals surface area contributed by atoms with Gasteiger partial charge in [-0.25, -0.2) is 0 Å². The fourth-order valence-corrected chi connectivity index (χ4v) is 3.96. The van der Waals surface area contributed by atoms with Gasteiger partial charge in [0, 0.05) is 38.7 Å². The number of ether oxygens (including phenoxy) is 1. The van der Waals surface area contributed by atoms with Crippen LogP contribution in [0.2, 0.25) is 0 Å². The third-order valence-electron chi connectivity index (χ3n) is 5.62. The highest BCUT2D eigenvalue weighted by molar-refractivity contribution is 5.91. The van der Waals surface area contributed by atoms with E-state index in [2.05, 4.69) is 24.3 Å². The SMILES string of the molecule is CC(C)Cc1cc(C(=O)N2CCC(CCC(=O)NCC3CCCO3)CC2)on1. The number of piperidine rings is 1. The molecule has 1 aromatic heterocycles. The molecule has 7 nitrogen and oxygen atoms in total. The lowest BCUT2D eigenvalue weighted by atomic mass is 9.92. The van der Waals surface area contributed by atoms with Crippen molar-refractivity contribution in [1.29, 1.82) is 0 Å². The standard InChI is InChI=1S/C21H33N3O4/c1-15(2)12-17-13-19(28-23-17)21(26)24-9-7-16(8-10-24)5-6-20(25)22-14-18-4-3-11-27-18/h13,15-16,18H,3-12,14H2,1-2H3,(H,22,25). The summed E-state index contributed by atoms with van der Waals surface area (Å²) < 4.78 is 10.8. The van der Waals surface area contributed by atoms with E-state index in [1.54, 1.807) is 6.07 Å². The Morgan fingerprint density at radius 1 is 1.29 bits per heavy atom. The lowest BCUT2D eigenvalue weighted by Gasteiger charge is -2.31. The van der Waals surface area contributed by atoms with E-state index in [4.69, 9.17) is 9.26 Å². The van der Waals surface area contributed by atoms with Crippen LogP contribution in [0.25, 0.3) is 0 Å². The van der Waals surface area contributed by atoms with Gasteiger partial charge in [-0.05, 0) is 50.4 Å². The van der Waals surface area contributed by atoms with E-state index in [9.17, 15) is 9.59 Å². The van der Waals surface area contributed by atoms with Crippen LogP contribution in [0.5, 0.6) is 0 Å². The maximum Gasteiger partial charge on any atom is 0.292 e. The van der Waals surface area contributed by atoms with Crippen molar-refractivity contribution in [2.45, 2.75) is 64.9 Å². The van der Waals surface area contributed by atoms with E-state index in [0.29, 0.717) is 43.7 Å². The first-order valence-electron chi connectivity index (χ1n) is 10.6. The normalized spacial score (nSPS) is 20.7. The molecule has 3 rings (SSSR count). The Balaban J connectivity index is 1.35. The minimum Gasteiger partial charge on any atom is -0.376 e. The smallest absolute Gasteiger partial charge is 0.292 e. The number of likely N-dealkylation sites (tertiary alicyclic amines) is 1. The van der Waals surface area contributed by atoms with Crippen molar-refractivity contribution in [2.75, 3.05) is 26.2 Å². The van der Waals surface area contributed by atoms with Gasteiger partial charge in [0.05, 0.1) is 11.8 Å². The zero-order valence-corrected chi connectivity index (χ0v) is 17.1. The fraction of sp³-hybridized carbons (Fsp3) is 0.762. The number of carbonyl (C=O) groups is 2. The van der Waals surface area contributed by atoms with Crippen LogP contribution >= 0.6 is 0 Å². The van der Waals surface area contributed by atoms with Gasteiger partial charge in [-0.2, -0.15) is 0 Å². The van der Waals surface area contributed by atoms with Crippen LogP contribution in [0.4, 0.5) is 0 Å². The predicted octanol–water partition coefficient (Wildman–Crippen LogP) is 2.80. The van der Waals surface area contributed by atoms with Crippen molar-refractivity contribution in [2.24, 2.45) is 11.8 Å². The van der Waals surface area contributed by atoms with Crippen LogP contribution in [-0.4, -0.2) is 54.2 Å². The average molecular weight is 392 g/mol. The van der Waals surface area contributed by atoms with E-state index < -0.39 is 0 Å². The quantitative estimate of drug-likeness (QED) is 0.737. The van der Waals surface area contributed by atoms with Crippen molar-refractivity contribution < 1.29 is 18.8 Å². The number of rotatable bonds is 8. The molecule has 0 aliphatic carbocycles. The van der Waals surface area contributed by atoms with E-state index in [-0.39, 0.29) is 17.9 Å². The van der Waals surface area contributed by atoms with E-state index >= 15 is 0 Å². The summed E-state index contributed by atoms with van der Waals surface area (Å²) >= 11 is 0. The summed E-state index contributed by atoms with van der Waals surface area (Å²) in [5.74, 6) is 1.33. The zero-order chi connectivity index (χ0) is 19.9. The van der Waals surface area contributed by atoms with E-state index in [1.807, 2.05) is 4.90 Å². The van der Waals surface area contributed by atoms with Gasteiger partial charge < -0.3 is 19.5 Å². The van der Waals surface area contributed by atoms with Crippen molar-refractivity contribution in [3.05, 3.63) is 17.5 Å². The van der Waals surface area contributed by atoms with Crippen LogP contribution < -0.4 is 5.32 Å². The Morgan fingerprint density at radius 3 is 2.75 bits per heavy atom. The lowest BCUT2D eigenvalue weighted by molar-refractivity contribution is -0.122. The highest BCUT2D eigenvalue weighted by Crippen LogP contribution is 2.23. The van der Waals surface area contributed by atoms with Gasteiger partial charge >= 0.3 is 0 Å². The minimum atomic E-state index is -0.0738. The summed E-state index contributed by atoms with van der Waals surface area (Å²) in [6, 6.07) is 1.77. The molecular weight excluding hydrogens is 358 g/mol. The number of carbonyl (C=O) groups excluding carboxylic acids is 2. The van der Waals surface area contributed by atoms with Crippen LogP contribution in [0.1, 0.15) is 68.6 Å². The second-order valence-electron chi connectivity index (χ2n) is 8.49. The molecule has 0 aromatic carbocycles. The third-order valence-corrected chi connectivity index (χ3v) is 5.62. The molecule has 2 amide bonds. The molecule has 0 bridgehead atoms. The predicted molar refractivity (Wildman–Crippen MR) is 105 cm³/mol. The molecule has 0 saturated carbocycles. The molecule has 0 spiro atoms. The molecule has 1 atom stereocenters. The van der Waals surface area contributed by atoms with Gasteiger partial charge in [0.15, 0.2) is 0 Å². The lowest BCUT2D eigenvalue weighted by Crippen LogP contribution is -2.38. The average Bonchev–Trinajstić information content (AvgIpc) is 3.36. The van der Waals surface area contributed by atoms with Crippen molar-refractivity contribution in [3.8, 4) is 0 Å². The van der Waals surface area contributed by atoms with Gasteiger partial charge in [-0.15, -0.1) is 0 Å². The van der Waals surface area contributed by atoms with Crippen LogP contribution in [0.15, 0.2) is 10.6 Å². The molecule has 2 aliphatic rings. The number of nitrogens with one attached hydrogen (secondary N) is 1. The first kappa shape index (κ1) is 20.8. The Morgan fingerprint density at radius 2 is 2.07 bits per heavy atom. The van der Waals surface area contributed by atoms with Crippen molar-refractivity contribution in [1.82, 2.24) is 15.4 Å². The molecule has 7 heteroatoms. The monoisotopic (exact) mass is 391 g/mol. The van der Waals surface area contributed by atoms with Crippen LogP contribution in [0, 0.1) is 11.8 Å². The second-order valence-corrected chi connectivity index (χ2v) is 8.49. The summed E-state index contributed by atoms with van der Waals surface area (Å²) in [6.45, 7) is 7.09. The van der Waals surface area contributed by atoms with E-state index in [0.717, 1.165) is 50.8 Å². The summed E-state index contributed by atoms with van der Waals surface area (Å²) in [5.41, 5.74) is 0.835. The molecule has 1 unspecified atom stereocenters. The minimum absolute atomic E-state index is 0.0738. The number of hydrogen-bond acceptors (Lipinski definition) is 5. The highest BCUT2D eigenvalue weighted by Gasteiger charge is 2.26. The highest BCUT2D eigenvalue weighted by atomic mass is 16.5. The van der Waals surface area contributed by atoms with Crippen LogP contribution in [0.3, 0.4) is 0 Å². The van der Waals surface area contributed by atoms with E-state index in [1.165, 1.54) is 0 Å². The number of amides is 2. The maximum absolute atomic E-state index is 12.6. The molecule has 2 saturated heterocycles. The van der Waals surface area contributed by atoms with Crippen LogP contribution in [-0.2, 0) is 16.0 Å². The Hall–Kier alpha value is -1.89. The Bertz CT molecular complexity index is 644. The first-order valence-corrected chi connectivity index (χ1v) is 10.6. The Labute approximate surface area is 167 Å². The maximum atomic E-state index is 12.6. The fourth-order valence-electron chi connectivity index (χ4n) is 3.96. The van der Waals surface area contributed by atoms with Crippen molar-refractivity contribution in [3.63, 3.8) is 0 Å². The second kappa shape index (κ2) is 10.0. The molecule has 1 aromatic rings. The number of aromatic nitrogens is 1. The van der Waals surface area contributed by atoms with Gasteiger partial charge in [0.2, 0.25) is 11.7 Å². The summed E-state index contributed by atoms with van der Waals surface area (Å²) in [6.07, 6.45) is 6.41. The molecule has 2 aliphatic heterocycles. The third kappa shape index (κ3) is 6.06. The van der Waals surface area contributed by atoms with Gasteiger partial charge in [0.1, 0.15) is 0 Å². The summed E-state index contributed by atoms with van der Waals surface area (Å²) in [5, 5.41) is 6.99. The molecule has 0 radical (unpaired) electrons. The largest absolute Gasteiger partial charge is 0.376 e. The first-order chi connectivity index (χ1) is 13.5. The molecule has 1 N–H and O–H groups in total. The number of nitrogens with zero attached hydrogens (tertiary/aromatic N) is 2. The van der Waals surface area contributed by atoms with Gasteiger partial charge in [-0.3, -0.25) is 9.59 Å². The Kier molecular flexibility index (Phi) is 7.48. The summed E-state index contributed by atoms with van der Waals surface area (Å²) in [7, 11) is 0. The zero-order valence-electron chi connectivity index (χ0n) is 17.1. The topological polar surface area (TPSA) is 84.7 Å². The molecule has 3 heterocycles. The van der Waals surface area contributed by atoms with Gasteiger partial charge in [-0.1, -0.05) is 19.0 Å². The number of hydrogen-bond donors (Lipinski definition) is 1. The molecular formula is C21H33N3O4. The molecule has 2 fully saturated rings. The molecule has 156 valence electrons. The van der Waals surface area contributed by atoms with Crippen molar-refractivity contribution >= 4 is 11.8 Å². The summed E-state index contributed by atoms with van der Waals surface area (Å²) in [4.78, 5) is 26.5. The van der Waals surface area contributed by atoms with Gasteiger partial charge in [0.25, 0.3) is 5.91 Å². The molecule has 28 heavy (non-hydrogen) atoms.